The fraction of sp³-hybridized carbons (Fsp3) is 0.105. The van der Waals surface area contributed by atoms with E-state index in [9.17, 15) is 4.79 Å². The van der Waals surface area contributed by atoms with Gasteiger partial charge >= 0.3 is 0 Å². The number of amides is 1. The minimum absolute atomic E-state index is 0.0316. The van der Waals surface area contributed by atoms with Crippen molar-refractivity contribution in [1.82, 2.24) is 9.97 Å². The Morgan fingerprint density at radius 1 is 1.12 bits per heavy atom. The molecular weight excluding hydrogens is 322 g/mol. The van der Waals surface area contributed by atoms with Gasteiger partial charge in [-0.2, -0.15) is 0 Å². The van der Waals surface area contributed by atoms with E-state index < -0.39 is 0 Å². The van der Waals surface area contributed by atoms with Crippen molar-refractivity contribution in [3.8, 4) is 11.3 Å². The van der Waals surface area contributed by atoms with Crippen LogP contribution >= 0.6 is 11.6 Å². The number of aromatic nitrogens is 2. The van der Waals surface area contributed by atoms with E-state index in [2.05, 4.69) is 9.97 Å². The van der Waals surface area contributed by atoms with E-state index in [1.807, 2.05) is 55.5 Å². The summed E-state index contributed by atoms with van der Waals surface area (Å²) in [5.74, 6) is 0.645. The van der Waals surface area contributed by atoms with Crippen LogP contribution in [-0.2, 0) is 11.2 Å². The van der Waals surface area contributed by atoms with Crippen molar-refractivity contribution in [2.45, 2.75) is 13.3 Å². The van der Waals surface area contributed by atoms with E-state index >= 15 is 0 Å². The van der Waals surface area contributed by atoms with Crippen LogP contribution in [0.25, 0.3) is 11.3 Å². The first kappa shape index (κ1) is 14.8. The molecule has 24 heavy (non-hydrogen) atoms. The minimum atomic E-state index is -0.0316. The lowest BCUT2D eigenvalue weighted by Gasteiger charge is -2.23. The number of nitrogens with zero attached hydrogens (tertiary/aromatic N) is 3. The molecule has 1 aliphatic rings. The first-order valence-electron chi connectivity index (χ1n) is 7.64. The molecule has 0 N–H and O–H groups in total. The Hall–Kier alpha value is -2.72. The highest BCUT2D eigenvalue weighted by atomic mass is 35.5. The fourth-order valence-corrected chi connectivity index (χ4v) is 3.15. The molecule has 118 valence electrons. The molecule has 0 bridgehead atoms. The summed E-state index contributed by atoms with van der Waals surface area (Å²) >= 11 is 6.22. The van der Waals surface area contributed by atoms with Gasteiger partial charge in [-0.05, 0) is 37.3 Å². The first-order valence-corrected chi connectivity index (χ1v) is 8.02. The predicted octanol–water partition coefficient (Wildman–Crippen LogP) is 4.33. The van der Waals surface area contributed by atoms with Crippen LogP contribution in [0.3, 0.4) is 0 Å². The van der Waals surface area contributed by atoms with Crippen LogP contribution in [0.5, 0.6) is 0 Å². The molecule has 4 nitrogen and oxygen atoms in total. The van der Waals surface area contributed by atoms with E-state index in [0.29, 0.717) is 10.8 Å². The molecule has 0 aliphatic carbocycles. The summed E-state index contributed by atoms with van der Waals surface area (Å²) < 4.78 is 0. The number of hydrogen-bond donors (Lipinski definition) is 0. The first-order chi connectivity index (χ1) is 11.6. The van der Waals surface area contributed by atoms with Crippen molar-refractivity contribution in [2.24, 2.45) is 0 Å². The van der Waals surface area contributed by atoms with E-state index in [1.165, 1.54) is 0 Å². The monoisotopic (exact) mass is 335 g/mol. The number of aryl methyl sites for hydroxylation is 1. The zero-order valence-electron chi connectivity index (χ0n) is 13.0. The second-order valence-corrected chi connectivity index (χ2v) is 6.13. The predicted molar refractivity (Wildman–Crippen MR) is 94.5 cm³/mol. The van der Waals surface area contributed by atoms with Gasteiger partial charge in [-0.25, -0.2) is 9.97 Å². The van der Waals surface area contributed by atoms with Crippen molar-refractivity contribution in [2.75, 3.05) is 4.90 Å². The molecule has 0 unspecified atom stereocenters. The largest absolute Gasteiger partial charge is 0.280 e. The number of carbonyl (C=O) groups excluding carboxylic acids is 1. The van der Waals surface area contributed by atoms with Gasteiger partial charge < -0.3 is 0 Å². The molecule has 0 saturated carbocycles. The molecule has 0 radical (unpaired) electrons. The van der Waals surface area contributed by atoms with Gasteiger partial charge in [0.25, 0.3) is 0 Å². The highest BCUT2D eigenvalue weighted by Crippen LogP contribution is 2.40. The van der Waals surface area contributed by atoms with Gasteiger partial charge in [0, 0.05) is 28.0 Å². The third-order valence-corrected chi connectivity index (χ3v) is 4.28. The van der Waals surface area contributed by atoms with Gasteiger partial charge in [-0.3, -0.25) is 9.69 Å². The molecule has 2 aromatic carbocycles. The summed E-state index contributed by atoms with van der Waals surface area (Å²) in [5.41, 5.74) is 4.06. The van der Waals surface area contributed by atoms with Crippen LogP contribution in [0, 0.1) is 6.92 Å². The Kier molecular flexibility index (Phi) is 3.54. The van der Waals surface area contributed by atoms with Crippen LogP contribution in [0.2, 0.25) is 5.02 Å². The molecule has 0 spiro atoms. The maximum Gasteiger partial charge on any atom is 0.236 e. The zero-order chi connectivity index (χ0) is 16.7. The molecule has 0 fully saturated rings. The Morgan fingerprint density at radius 2 is 1.92 bits per heavy atom. The van der Waals surface area contributed by atoms with Crippen molar-refractivity contribution < 1.29 is 4.79 Å². The number of hydrogen-bond acceptors (Lipinski definition) is 3. The van der Waals surface area contributed by atoms with Crippen molar-refractivity contribution in [3.63, 3.8) is 0 Å². The molecule has 1 aromatic heterocycles. The molecule has 0 atom stereocenters. The van der Waals surface area contributed by atoms with E-state index in [-0.39, 0.29) is 12.3 Å². The Bertz CT molecular complexity index is 941. The SMILES string of the molecule is Cc1ncc2c(n1)-c1ccc(Cl)cc1N(c1ccccc1)C(=O)C2. The molecule has 5 heteroatoms. The molecule has 0 saturated heterocycles. The van der Waals surface area contributed by atoms with Gasteiger partial charge in [0.2, 0.25) is 5.91 Å². The molecule has 4 rings (SSSR count). The lowest BCUT2D eigenvalue weighted by atomic mass is 10.0. The number of fused-ring (bicyclic) bond motifs is 3. The van der Waals surface area contributed by atoms with Crippen LogP contribution in [0.1, 0.15) is 11.4 Å². The molecule has 1 amide bonds. The molecule has 1 aliphatic heterocycles. The lowest BCUT2D eigenvalue weighted by molar-refractivity contribution is -0.117. The summed E-state index contributed by atoms with van der Waals surface area (Å²) in [7, 11) is 0. The maximum absolute atomic E-state index is 13.0. The van der Waals surface area contributed by atoms with Crippen LogP contribution in [0.15, 0.2) is 54.7 Å². The standard InChI is InChI=1S/C19H14ClN3O/c1-12-21-11-13-9-18(24)23(15-5-3-2-4-6-15)17-10-14(20)7-8-16(17)19(13)22-12/h2-8,10-11H,9H2,1H3. The quantitative estimate of drug-likeness (QED) is 0.665. The van der Waals surface area contributed by atoms with Gasteiger partial charge in [0.05, 0.1) is 17.8 Å². The maximum atomic E-state index is 13.0. The Morgan fingerprint density at radius 3 is 2.71 bits per heavy atom. The average Bonchev–Trinajstić information content (AvgIpc) is 2.69. The zero-order valence-corrected chi connectivity index (χ0v) is 13.8. The smallest absolute Gasteiger partial charge is 0.236 e. The van der Waals surface area contributed by atoms with Crippen LogP contribution in [-0.4, -0.2) is 15.9 Å². The van der Waals surface area contributed by atoms with Crippen molar-refractivity contribution >= 4 is 28.9 Å². The second-order valence-electron chi connectivity index (χ2n) is 5.69. The summed E-state index contributed by atoms with van der Waals surface area (Å²) in [6.45, 7) is 1.84. The lowest BCUT2D eigenvalue weighted by Crippen LogP contribution is -2.26. The van der Waals surface area contributed by atoms with Crippen molar-refractivity contribution in [1.29, 1.82) is 0 Å². The third-order valence-electron chi connectivity index (χ3n) is 4.05. The fourth-order valence-electron chi connectivity index (χ4n) is 2.98. The third kappa shape index (κ3) is 2.45. The number of rotatable bonds is 1. The Balaban J connectivity index is 2.01. The van der Waals surface area contributed by atoms with E-state index in [0.717, 1.165) is 28.2 Å². The molecule has 3 aromatic rings. The van der Waals surface area contributed by atoms with Crippen LogP contribution < -0.4 is 4.90 Å². The minimum Gasteiger partial charge on any atom is -0.280 e. The summed E-state index contributed by atoms with van der Waals surface area (Å²) in [6, 6.07) is 15.1. The van der Waals surface area contributed by atoms with Gasteiger partial charge in [0.1, 0.15) is 5.82 Å². The van der Waals surface area contributed by atoms with E-state index in [1.54, 1.807) is 11.1 Å². The van der Waals surface area contributed by atoms with Gasteiger partial charge in [-0.1, -0.05) is 29.8 Å². The summed E-state index contributed by atoms with van der Waals surface area (Å²) in [4.78, 5) is 23.5. The van der Waals surface area contributed by atoms with Crippen molar-refractivity contribution in [3.05, 3.63) is 71.1 Å². The highest BCUT2D eigenvalue weighted by Gasteiger charge is 2.28. The van der Waals surface area contributed by atoms with E-state index in [4.69, 9.17) is 11.6 Å². The number of carbonyl (C=O) groups is 1. The second kappa shape index (κ2) is 5.73. The molecule has 2 heterocycles. The average molecular weight is 336 g/mol. The normalized spacial score (nSPS) is 13.2. The van der Waals surface area contributed by atoms with Gasteiger partial charge in [0.15, 0.2) is 0 Å². The number of benzene rings is 2. The topological polar surface area (TPSA) is 46.1 Å². The Labute approximate surface area is 144 Å². The molecular formula is C19H14ClN3O. The summed E-state index contributed by atoms with van der Waals surface area (Å²) in [5, 5.41) is 0.580. The summed E-state index contributed by atoms with van der Waals surface area (Å²) in [6.07, 6.45) is 1.99. The number of para-hydroxylation sites is 1. The van der Waals surface area contributed by atoms with Gasteiger partial charge in [-0.15, -0.1) is 0 Å². The van der Waals surface area contributed by atoms with Crippen LogP contribution in [0.4, 0.5) is 11.4 Å². The number of halogens is 1. The number of anilines is 2. The highest BCUT2D eigenvalue weighted by molar-refractivity contribution is 6.31.